The Hall–Kier alpha value is -1.35. The summed E-state index contributed by atoms with van der Waals surface area (Å²) in [5, 5.41) is 11.4. The van der Waals surface area contributed by atoms with Gasteiger partial charge in [0.2, 0.25) is 0 Å². The van der Waals surface area contributed by atoms with E-state index in [4.69, 9.17) is 11.6 Å². The number of halogens is 1. The molecule has 27 heavy (non-hydrogen) atoms. The van der Waals surface area contributed by atoms with Crippen molar-refractivity contribution >= 4 is 11.6 Å². The van der Waals surface area contributed by atoms with E-state index in [0.717, 1.165) is 30.1 Å². The first-order chi connectivity index (χ1) is 13.1. The molecule has 0 spiro atoms. The van der Waals surface area contributed by atoms with Crippen molar-refractivity contribution in [2.75, 3.05) is 19.6 Å². The zero-order valence-electron chi connectivity index (χ0n) is 16.0. The Balaban J connectivity index is 1.38. The summed E-state index contributed by atoms with van der Waals surface area (Å²) in [6.45, 7) is 3.44. The SMILES string of the molecule is O[C@@H](CC1CCCN(CC2(c3ccc(Cl)cc3)CCC2)C1)c1ccccc1. The molecule has 1 unspecified atom stereocenters. The van der Waals surface area contributed by atoms with Gasteiger partial charge in [0.15, 0.2) is 0 Å². The van der Waals surface area contributed by atoms with Crippen LogP contribution in [0.15, 0.2) is 54.6 Å². The second-order valence-electron chi connectivity index (χ2n) is 8.55. The molecular weight excluding hydrogens is 354 g/mol. The molecular formula is C24H30ClNO. The molecule has 2 fully saturated rings. The number of aliphatic hydroxyl groups excluding tert-OH is 1. The van der Waals surface area contributed by atoms with Crippen LogP contribution < -0.4 is 0 Å². The largest absolute Gasteiger partial charge is 0.388 e. The molecule has 1 saturated carbocycles. The minimum absolute atomic E-state index is 0.310. The maximum Gasteiger partial charge on any atom is 0.0793 e. The second-order valence-corrected chi connectivity index (χ2v) is 8.98. The van der Waals surface area contributed by atoms with Crippen molar-refractivity contribution in [3.8, 4) is 0 Å². The summed E-state index contributed by atoms with van der Waals surface area (Å²) in [6, 6.07) is 18.6. The Bertz CT molecular complexity index is 726. The smallest absolute Gasteiger partial charge is 0.0793 e. The molecule has 1 saturated heterocycles. The van der Waals surface area contributed by atoms with Crippen molar-refractivity contribution in [2.45, 2.75) is 50.0 Å². The zero-order valence-corrected chi connectivity index (χ0v) is 16.7. The van der Waals surface area contributed by atoms with E-state index in [0.29, 0.717) is 11.3 Å². The topological polar surface area (TPSA) is 23.5 Å². The Morgan fingerprint density at radius 1 is 1.04 bits per heavy atom. The number of aliphatic hydroxyl groups is 1. The van der Waals surface area contributed by atoms with Crippen LogP contribution in [0, 0.1) is 5.92 Å². The van der Waals surface area contributed by atoms with Crippen molar-refractivity contribution in [1.82, 2.24) is 4.90 Å². The van der Waals surface area contributed by atoms with Gasteiger partial charge in [0, 0.05) is 23.5 Å². The molecule has 3 heteroatoms. The lowest BCUT2D eigenvalue weighted by atomic mass is 9.64. The van der Waals surface area contributed by atoms with Gasteiger partial charge in [-0.15, -0.1) is 0 Å². The fourth-order valence-corrected chi connectivity index (χ4v) is 5.11. The van der Waals surface area contributed by atoms with E-state index in [2.05, 4.69) is 17.0 Å². The fourth-order valence-electron chi connectivity index (χ4n) is 4.99. The van der Waals surface area contributed by atoms with E-state index in [1.54, 1.807) is 0 Å². The van der Waals surface area contributed by atoms with Gasteiger partial charge in [-0.3, -0.25) is 0 Å². The maximum absolute atomic E-state index is 10.6. The van der Waals surface area contributed by atoms with Crippen LogP contribution in [-0.4, -0.2) is 29.6 Å². The van der Waals surface area contributed by atoms with Crippen LogP contribution in [0.3, 0.4) is 0 Å². The first-order valence-corrected chi connectivity index (χ1v) is 10.7. The first-order valence-electron chi connectivity index (χ1n) is 10.4. The van der Waals surface area contributed by atoms with E-state index in [1.165, 1.54) is 44.2 Å². The normalized spacial score (nSPS) is 23.6. The number of hydrogen-bond acceptors (Lipinski definition) is 2. The molecule has 2 nitrogen and oxygen atoms in total. The van der Waals surface area contributed by atoms with Crippen LogP contribution in [0.5, 0.6) is 0 Å². The minimum Gasteiger partial charge on any atom is -0.388 e. The zero-order chi connectivity index (χ0) is 18.7. The molecule has 144 valence electrons. The molecule has 0 amide bonds. The molecule has 1 N–H and O–H groups in total. The summed E-state index contributed by atoms with van der Waals surface area (Å²) in [5.41, 5.74) is 2.81. The van der Waals surface area contributed by atoms with Crippen LogP contribution in [0.1, 0.15) is 55.8 Å². The van der Waals surface area contributed by atoms with Gasteiger partial charge >= 0.3 is 0 Å². The summed E-state index contributed by atoms with van der Waals surface area (Å²) in [6.07, 6.45) is 6.88. The summed E-state index contributed by atoms with van der Waals surface area (Å²) in [4.78, 5) is 2.65. The third-order valence-electron chi connectivity index (χ3n) is 6.64. The van der Waals surface area contributed by atoms with Crippen LogP contribution >= 0.6 is 11.6 Å². The molecule has 2 aromatic carbocycles. The summed E-state index contributed by atoms with van der Waals surface area (Å²) >= 11 is 6.10. The highest BCUT2D eigenvalue weighted by Gasteiger charge is 2.40. The number of likely N-dealkylation sites (tertiary alicyclic amines) is 1. The van der Waals surface area contributed by atoms with Crippen molar-refractivity contribution in [2.24, 2.45) is 5.92 Å². The number of rotatable bonds is 6. The Kier molecular flexibility index (Phi) is 5.87. The predicted octanol–water partition coefficient (Wildman–Crippen LogP) is 5.60. The summed E-state index contributed by atoms with van der Waals surface area (Å²) in [7, 11) is 0. The van der Waals surface area contributed by atoms with Gasteiger partial charge in [-0.25, -0.2) is 0 Å². The van der Waals surface area contributed by atoms with E-state index in [-0.39, 0.29) is 6.10 Å². The maximum atomic E-state index is 10.6. The summed E-state index contributed by atoms with van der Waals surface area (Å²) in [5.74, 6) is 0.580. The molecule has 1 heterocycles. The van der Waals surface area contributed by atoms with Gasteiger partial charge in [0.05, 0.1) is 6.10 Å². The van der Waals surface area contributed by atoms with Gasteiger partial charge in [0.25, 0.3) is 0 Å². The molecule has 2 aromatic rings. The summed E-state index contributed by atoms with van der Waals surface area (Å²) < 4.78 is 0. The van der Waals surface area contributed by atoms with Gasteiger partial charge in [-0.2, -0.15) is 0 Å². The lowest BCUT2D eigenvalue weighted by Gasteiger charge is -2.47. The Morgan fingerprint density at radius 3 is 2.44 bits per heavy atom. The molecule has 2 aliphatic rings. The Labute approximate surface area is 168 Å². The van der Waals surface area contributed by atoms with Gasteiger partial charge in [0.1, 0.15) is 0 Å². The molecule has 1 aliphatic heterocycles. The van der Waals surface area contributed by atoms with Crippen LogP contribution in [0.2, 0.25) is 5.02 Å². The van der Waals surface area contributed by atoms with Crippen molar-refractivity contribution in [3.05, 3.63) is 70.7 Å². The third kappa shape index (κ3) is 4.39. The lowest BCUT2D eigenvalue weighted by molar-refractivity contribution is 0.0714. The van der Waals surface area contributed by atoms with Crippen LogP contribution in [-0.2, 0) is 5.41 Å². The minimum atomic E-state index is -0.343. The number of nitrogens with zero attached hydrogens (tertiary/aromatic N) is 1. The highest BCUT2D eigenvalue weighted by atomic mass is 35.5. The van der Waals surface area contributed by atoms with Gasteiger partial charge in [-0.05, 0) is 67.8 Å². The fraction of sp³-hybridized carbons (Fsp3) is 0.500. The van der Waals surface area contributed by atoms with Crippen LogP contribution in [0.4, 0.5) is 0 Å². The monoisotopic (exact) mass is 383 g/mol. The van der Waals surface area contributed by atoms with E-state index < -0.39 is 0 Å². The average molecular weight is 384 g/mol. The second kappa shape index (κ2) is 8.34. The van der Waals surface area contributed by atoms with Crippen molar-refractivity contribution in [1.29, 1.82) is 0 Å². The van der Waals surface area contributed by atoms with E-state index in [1.807, 2.05) is 42.5 Å². The molecule has 0 aromatic heterocycles. The Morgan fingerprint density at radius 2 is 1.78 bits per heavy atom. The molecule has 2 atom stereocenters. The molecule has 1 aliphatic carbocycles. The highest BCUT2D eigenvalue weighted by Crippen LogP contribution is 2.45. The van der Waals surface area contributed by atoms with Gasteiger partial charge in [-0.1, -0.05) is 60.5 Å². The molecule has 4 rings (SSSR count). The van der Waals surface area contributed by atoms with Crippen LogP contribution in [0.25, 0.3) is 0 Å². The highest BCUT2D eigenvalue weighted by molar-refractivity contribution is 6.30. The lowest BCUT2D eigenvalue weighted by Crippen LogP contribution is -2.48. The van der Waals surface area contributed by atoms with E-state index >= 15 is 0 Å². The predicted molar refractivity (Wildman–Crippen MR) is 112 cm³/mol. The number of benzene rings is 2. The number of hydrogen-bond donors (Lipinski definition) is 1. The quantitative estimate of drug-likeness (QED) is 0.702. The van der Waals surface area contributed by atoms with Crippen molar-refractivity contribution < 1.29 is 5.11 Å². The van der Waals surface area contributed by atoms with Gasteiger partial charge < -0.3 is 10.0 Å². The van der Waals surface area contributed by atoms with E-state index in [9.17, 15) is 5.11 Å². The number of piperidine rings is 1. The average Bonchev–Trinajstić information content (AvgIpc) is 2.66. The third-order valence-corrected chi connectivity index (χ3v) is 6.89. The molecule has 0 bridgehead atoms. The van der Waals surface area contributed by atoms with Crippen molar-refractivity contribution in [3.63, 3.8) is 0 Å². The first kappa shape index (κ1) is 19.0. The standard InChI is InChI=1S/C24H30ClNO/c25-22-11-9-21(10-12-22)24(13-5-14-24)18-26-15-4-6-19(17-26)16-23(27)20-7-2-1-3-8-20/h1-3,7-12,19,23,27H,4-6,13-18H2/t19?,23-/m0/s1. The molecule has 0 radical (unpaired) electrons.